The lowest BCUT2D eigenvalue weighted by Gasteiger charge is -2.09. The lowest BCUT2D eigenvalue weighted by Crippen LogP contribution is -2.14. The first-order valence-corrected chi connectivity index (χ1v) is 5.52. The minimum Gasteiger partial charge on any atom is -0.481 e. The SMILES string of the molecule is CC(CC(=O)O)c1ccc(-n2cn[nH]c2=O)cc1. The lowest BCUT2D eigenvalue weighted by atomic mass is 9.98. The molecule has 0 aliphatic heterocycles. The van der Waals surface area contributed by atoms with Crippen LogP contribution in [-0.2, 0) is 4.79 Å². The first kappa shape index (κ1) is 12.1. The van der Waals surface area contributed by atoms with Crippen LogP contribution in [0.25, 0.3) is 5.69 Å². The van der Waals surface area contributed by atoms with Crippen molar-refractivity contribution < 1.29 is 9.90 Å². The van der Waals surface area contributed by atoms with Crippen LogP contribution >= 0.6 is 0 Å². The minimum atomic E-state index is -0.822. The Bertz CT molecular complexity index is 598. The van der Waals surface area contributed by atoms with Crippen molar-refractivity contribution in [2.24, 2.45) is 0 Å². The monoisotopic (exact) mass is 247 g/mol. The largest absolute Gasteiger partial charge is 0.481 e. The summed E-state index contributed by atoms with van der Waals surface area (Å²) in [5.41, 5.74) is 1.32. The zero-order chi connectivity index (χ0) is 13.1. The van der Waals surface area contributed by atoms with Crippen LogP contribution in [0.2, 0.25) is 0 Å². The van der Waals surface area contributed by atoms with E-state index in [0.717, 1.165) is 5.56 Å². The molecule has 1 unspecified atom stereocenters. The fourth-order valence-corrected chi connectivity index (χ4v) is 1.78. The van der Waals surface area contributed by atoms with Crippen LogP contribution in [0.4, 0.5) is 0 Å². The number of carboxylic acid groups (broad SMARTS) is 1. The summed E-state index contributed by atoms with van der Waals surface area (Å²) in [6.07, 6.45) is 1.49. The van der Waals surface area contributed by atoms with E-state index in [1.807, 2.05) is 19.1 Å². The number of aromatic amines is 1. The Balaban J connectivity index is 2.23. The summed E-state index contributed by atoms with van der Waals surface area (Å²) in [7, 11) is 0. The molecule has 0 saturated heterocycles. The van der Waals surface area contributed by atoms with Crippen molar-refractivity contribution in [3.05, 3.63) is 46.6 Å². The molecule has 94 valence electrons. The number of nitrogens with one attached hydrogen (secondary N) is 1. The highest BCUT2D eigenvalue weighted by Gasteiger charge is 2.10. The van der Waals surface area contributed by atoms with E-state index in [1.165, 1.54) is 10.9 Å². The maximum Gasteiger partial charge on any atom is 0.347 e. The van der Waals surface area contributed by atoms with Gasteiger partial charge in [-0.1, -0.05) is 19.1 Å². The van der Waals surface area contributed by atoms with Gasteiger partial charge in [-0.15, -0.1) is 0 Å². The van der Waals surface area contributed by atoms with E-state index in [4.69, 9.17) is 5.11 Å². The van der Waals surface area contributed by atoms with Crippen molar-refractivity contribution >= 4 is 5.97 Å². The molecule has 0 aliphatic carbocycles. The topological polar surface area (TPSA) is 88.0 Å². The van der Waals surface area contributed by atoms with Gasteiger partial charge in [-0.25, -0.2) is 14.5 Å². The van der Waals surface area contributed by atoms with Crippen molar-refractivity contribution in [3.63, 3.8) is 0 Å². The number of aromatic nitrogens is 3. The maximum absolute atomic E-state index is 11.4. The molecule has 1 aromatic carbocycles. The summed E-state index contributed by atoms with van der Waals surface area (Å²) in [5.74, 6) is -0.879. The van der Waals surface area contributed by atoms with Gasteiger partial charge in [0.25, 0.3) is 0 Å². The highest BCUT2D eigenvalue weighted by Crippen LogP contribution is 2.20. The van der Waals surface area contributed by atoms with Crippen LogP contribution in [0, 0.1) is 0 Å². The van der Waals surface area contributed by atoms with E-state index in [-0.39, 0.29) is 18.0 Å². The molecule has 6 nitrogen and oxygen atoms in total. The van der Waals surface area contributed by atoms with Crippen molar-refractivity contribution in [2.75, 3.05) is 0 Å². The van der Waals surface area contributed by atoms with Crippen LogP contribution in [0.1, 0.15) is 24.8 Å². The van der Waals surface area contributed by atoms with Gasteiger partial charge < -0.3 is 5.11 Å². The molecule has 1 aromatic heterocycles. The maximum atomic E-state index is 11.4. The Hall–Kier alpha value is -2.37. The second-order valence-corrected chi connectivity index (χ2v) is 4.12. The van der Waals surface area contributed by atoms with Gasteiger partial charge in [0.2, 0.25) is 0 Å². The van der Waals surface area contributed by atoms with E-state index in [2.05, 4.69) is 10.2 Å². The van der Waals surface area contributed by atoms with E-state index in [0.29, 0.717) is 5.69 Å². The molecular formula is C12H13N3O3. The van der Waals surface area contributed by atoms with E-state index in [9.17, 15) is 9.59 Å². The second kappa shape index (κ2) is 4.87. The molecule has 0 radical (unpaired) electrons. The number of aliphatic carboxylic acids is 1. The molecule has 18 heavy (non-hydrogen) atoms. The van der Waals surface area contributed by atoms with Crippen LogP contribution in [0.15, 0.2) is 35.4 Å². The van der Waals surface area contributed by atoms with Gasteiger partial charge in [-0.05, 0) is 23.6 Å². The Kier molecular flexibility index (Phi) is 3.27. The zero-order valence-electron chi connectivity index (χ0n) is 9.83. The molecule has 2 aromatic rings. The van der Waals surface area contributed by atoms with Gasteiger partial charge in [0.15, 0.2) is 0 Å². The predicted molar refractivity (Wildman–Crippen MR) is 64.9 cm³/mol. The van der Waals surface area contributed by atoms with Crippen molar-refractivity contribution in [2.45, 2.75) is 19.3 Å². The minimum absolute atomic E-state index is 0.0578. The van der Waals surface area contributed by atoms with Crippen molar-refractivity contribution in [1.29, 1.82) is 0 Å². The van der Waals surface area contributed by atoms with Gasteiger partial charge in [0.05, 0.1) is 12.1 Å². The number of nitrogens with zero attached hydrogens (tertiary/aromatic N) is 2. The third-order valence-corrected chi connectivity index (χ3v) is 2.77. The van der Waals surface area contributed by atoms with Crippen molar-refractivity contribution in [1.82, 2.24) is 14.8 Å². The molecule has 2 N–H and O–H groups in total. The molecule has 6 heteroatoms. The van der Waals surface area contributed by atoms with Gasteiger partial charge >= 0.3 is 11.7 Å². The number of hydrogen-bond acceptors (Lipinski definition) is 3. The molecular weight excluding hydrogens is 234 g/mol. The number of carbonyl (C=O) groups is 1. The fourth-order valence-electron chi connectivity index (χ4n) is 1.78. The smallest absolute Gasteiger partial charge is 0.347 e. The summed E-state index contributed by atoms with van der Waals surface area (Å²) in [6, 6.07) is 7.18. The Morgan fingerprint density at radius 2 is 2.11 bits per heavy atom. The summed E-state index contributed by atoms with van der Waals surface area (Å²) < 4.78 is 1.38. The molecule has 0 saturated carbocycles. The highest BCUT2D eigenvalue weighted by atomic mass is 16.4. The van der Waals surface area contributed by atoms with Gasteiger partial charge in [-0.2, -0.15) is 5.10 Å². The van der Waals surface area contributed by atoms with E-state index in [1.54, 1.807) is 12.1 Å². The summed E-state index contributed by atoms with van der Waals surface area (Å²) in [4.78, 5) is 22.0. The normalized spacial score (nSPS) is 12.3. The molecule has 1 atom stereocenters. The van der Waals surface area contributed by atoms with Crippen molar-refractivity contribution in [3.8, 4) is 5.69 Å². The molecule has 1 heterocycles. The molecule has 0 aliphatic rings. The average Bonchev–Trinajstić information content (AvgIpc) is 2.75. The fraction of sp³-hybridized carbons (Fsp3) is 0.250. The number of H-pyrrole nitrogens is 1. The first-order valence-electron chi connectivity index (χ1n) is 5.52. The molecule has 0 fully saturated rings. The molecule has 2 rings (SSSR count). The standard InChI is InChI=1S/C12H13N3O3/c1-8(6-11(16)17)9-2-4-10(5-3-9)15-7-13-14-12(15)18/h2-5,7-8H,6H2,1H3,(H,14,18)(H,16,17). The second-order valence-electron chi connectivity index (χ2n) is 4.12. The van der Waals surface area contributed by atoms with Gasteiger partial charge in [0.1, 0.15) is 6.33 Å². The number of rotatable bonds is 4. The van der Waals surface area contributed by atoms with Crippen LogP contribution in [-0.4, -0.2) is 25.8 Å². The van der Waals surface area contributed by atoms with Gasteiger partial charge in [0, 0.05) is 0 Å². The third-order valence-electron chi connectivity index (χ3n) is 2.77. The van der Waals surface area contributed by atoms with E-state index < -0.39 is 5.97 Å². The third kappa shape index (κ3) is 2.48. The summed E-state index contributed by atoms with van der Waals surface area (Å²) in [6.45, 7) is 1.85. The highest BCUT2D eigenvalue weighted by molar-refractivity contribution is 5.68. The summed E-state index contributed by atoms with van der Waals surface area (Å²) in [5, 5.41) is 14.7. The molecule has 0 bridgehead atoms. The number of hydrogen-bond donors (Lipinski definition) is 2. The zero-order valence-corrected chi connectivity index (χ0v) is 9.83. The lowest BCUT2D eigenvalue weighted by molar-refractivity contribution is -0.137. The molecule has 0 spiro atoms. The molecule has 0 amide bonds. The van der Waals surface area contributed by atoms with Gasteiger partial charge in [-0.3, -0.25) is 4.79 Å². The Labute approximate surface area is 103 Å². The van der Waals surface area contributed by atoms with Crippen LogP contribution < -0.4 is 5.69 Å². The number of carboxylic acids is 1. The van der Waals surface area contributed by atoms with E-state index >= 15 is 0 Å². The predicted octanol–water partition coefficient (Wildman–Crippen LogP) is 1.14. The Morgan fingerprint density at radius 1 is 1.44 bits per heavy atom. The van der Waals surface area contributed by atoms with Crippen LogP contribution in [0.3, 0.4) is 0 Å². The number of benzene rings is 1. The van der Waals surface area contributed by atoms with Crippen LogP contribution in [0.5, 0.6) is 0 Å². The first-order chi connectivity index (χ1) is 8.58. The Morgan fingerprint density at radius 3 is 2.61 bits per heavy atom. The summed E-state index contributed by atoms with van der Waals surface area (Å²) >= 11 is 0. The quantitative estimate of drug-likeness (QED) is 0.848. The average molecular weight is 247 g/mol.